The van der Waals surface area contributed by atoms with E-state index in [9.17, 15) is 14.0 Å². The first kappa shape index (κ1) is 19.2. The summed E-state index contributed by atoms with van der Waals surface area (Å²) < 4.78 is 28.6. The number of para-hydroxylation sites is 1. The molecule has 0 spiro atoms. The van der Waals surface area contributed by atoms with Crippen molar-refractivity contribution in [2.45, 2.75) is 12.2 Å². The van der Waals surface area contributed by atoms with Gasteiger partial charge in [-0.25, -0.2) is 13.8 Å². The van der Waals surface area contributed by atoms with Crippen LogP contribution in [-0.2, 0) is 0 Å². The number of hydrogen-bond acceptors (Lipinski definition) is 5. The number of anilines is 1. The molecule has 0 bridgehead atoms. The molecule has 0 amide bonds. The number of aromatic nitrogens is 3. The molecule has 2 atom stereocenters. The molecule has 2 aromatic heterocycles. The van der Waals surface area contributed by atoms with E-state index in [1.54, 1.807) is 42.7 Å². The van der Waals surface area contributed by atoms with Gasteiger partial charge in [-0.05, 0) is 29.8 Å². The average Bonchev–Trinajstić information content (AvgIpc) is 3.37. The highest BCUT2D eigenvalue weighted by Crippen LogP contribution is 2.40. The van der Waals surface area contributed by atoms with Crippen LogP contribution in [-0.4, -0.2) is 40.3 Å². The second-order valence-corrected chi connectivity index (χ2v) is 7.58. The van der Waals surface area contributed by atoms with Crippen molar-refractivity contribution in [3.8, 4) is 28.6 Å². The maximum atomic E-state index is 14.4. The second kappa shape index (κ2) is 7.45. The summed E-state index contributed by atoms with van der Waals surface area (Å²) in [5.41, 5.74) is 10.0. The Balaban J connectivity index is 1.74. The number of nitriles is 1. The number of halogens is 2. The first-order chi connectivity index (χ1) is 15.0. The number of benzene rings is 2. The summed E-state index contributed by atoms with van der Waals surface area (Å²) in [7, 11) is 0. The van der Waals surface area contributed by atoms with Crippen molar-refractivity contribution in [1.82, 2.24) is 15.0 Å². The van der Waals surface area contributed by atoms with Crippen LogP contribution in [0.5, 0.6) is 0 Å². The smallest absolute Gasteiger partial charge is 0.151 e. The van der Waals surface area contributed by atoms with E-state index in [1.807, 2.05) is 11.0 Å². The Kier molecular flexibility index (Phi) is 4.60. The molecule has 3 heterocycles. The minimum absolute atomic E-state index is 0.123. The van der Waals surface area contributed by atoms with E-state index < -0.39 is 18.0 Å². The van der Waals surface area contributed by atoms with Crippen molar-refractivity contribution in [1.29, 1.82) is 5.26 Å². The molecule has 1 aliphatic rings. The summed E-state index contributed by atoms with van der Waals surface area (Å²) in [5, 5.41) is 9.31. The van der Waals surface area contributed by atoms with Gasteiger partial charge in [0.2, 0.25) is 0 Å². The van der Waals surface area contributed by atoms with Gasteiger partial charge in [0.25, 0.3) is 0 Å². The quantitative estimate of drug-likeness (QED) is 0.530. The summed E-state index contributed by atoms with van der Waals surface area (Å²) in [6.07, 6.45) is 2.13. The average molecular weight is 416 g/mol. The molecule has 31 heavy (non-hydrogen) atoms. The Bertz CT molecular complexity index is 1320. The van der Waals surface area contributed by atoms with Gasteiger partial charge in [-0.1, -0.05) is 18.2 Å². The van der Waals surface area contributed by atoms with Gasteiger partial charge < -0.3 is 15.6 Å². The summed E-state index contributed by atoms with van der Waals surface area (Å²) in [6.45, 7) is 0.440. The van der Waals surface area contributed by atoms with Crippen LogP contribution in [0.3, 0.4) is 0 Å². The number of nitrogens with two attached hydrogens (primary N) is 1. The lowest BCUT2D eigenvalue weighted by molar-refractivity contribution is 0.333. The number of rotatable bonds is 3. The van der Waals surface area contributed by atoms with Gasteiger partial charge in [0.15, 0.2) is 5.82 Å². The van der Waals surface area contributed by atoms with Crippen LogP contribution in [0, 0.1) is 17.1 Å². The zero-order chi connectivity index (χ0) is 21.5. The van der Waals surface area contributed by atoms with Crippen molar-refractivity contribution in [2.75, 3.05) is 18.0 Å². The summed E-state index contributed by atoms with van der Waals surface area (Å²) in [4.78, 5) is 13.8. The largest absolute Gasteiger partial charge is 0.366 e. The van der Waals surface area contributed by atoms with Crippen LogP contribution in [0.25, 0.3) is 33.5 Å². The lowest BCUT2D eigenvalue weighted by Crippen LogP contribution is -2.30. The molecule has 0 aliphatic carbocycles. The van der Waals surface area contributed by atoms with Crippen LogP contribution in [0.2, 0.25) is 0 Å². The lowest BCUT2D eigenvalue weighted by Gasteiger charge is -2.24. The van der Waals surface area contributed by atoms with Crippen LogP contribution >= 0.6 is 0 Å². The lowest BCUT2D eigenvalue weighted by atomic mass is 10.00. The molecule has 1 aliphatic heterocycles. The fraction of sp³-hybridized carbons (Fsp3) is 0.174. The molecule has 1 fully saturated rings. The molecular formula is C23H18F2N6. The SMILES string of the molecule is N#Cc1cccc(-c2cncc(-c3nc4c(F)cccc4[nH]3)c2N2C[C@@H](F)[C@@H](N)C2)c1. The van der Waals surface area contributed by atoms with Crippen LogP contribution in [0.4, 0.5) is 14.5 Å². The number of nitrogens with zero attached hydrogens (tertiary/aromatic N) is 4. The van der Waals surface area contributed by atoms with Gasteiger partial charge in [0.1, 0.15) is 17.5 Å². The highest BCUT2D eigenvalue weighted by atomic mass is 19.1. The standard InChI is InChI=1S/C23H18F2N6/c24-17-5-2-6-20-21(17)30-23(29-20)16-10-28-9-15(14-4-1-3-13(7-14)8-26)22(16)31-11-18(25)19(27)12-31/h1-7,9-10,18-19H,11-12,27H2,(H,29,30)/t18-,19+/m1/s1. The molecule has 5 rings (SSSR count). The van der Waals surface area contributed by atoms with Crippen molar-refractivity contribution in [3.05, 3.63) is 66.2 Å². The molecule has 6 nitrogen and oxygen atoms in total. The van der Waals surface area contributed by atoms with Gasteiger partial charge in [0.05, 0.1) is 41.0 Å². The summed E-state index contributed by atoms with van der Waals surface area (Å²) >= 11 is 0. The Labute approximate surface area is 177 Å². The number of alkyl halides is 1. The topological polar surface area (TPSA) is 94.6 Å². The van der Waals surface area contributed by atoms with E-state index in [1.165, 1.54) is 6.07 Å². The molecule has 3 N–H and O–H groups in total. The number of H-pyrrole nitrogens is 1. The van der Waals surface area contributed by atoms with E-state index in [0.29, 0.717) is 34.7 Å². The van der Waals surface area contributed by atoms with Crippen LogP contribution in [0.1, 0.15) is 5.56 Å². The van der Waals surface area contributed by atoms with Crippen molar-refractivity contribution >= 4 is 16.7 Å². The zero-order valence-electron chi connectivity index (χ0n) is 16.4. The van der Waals surface area contributed by atoms with Gasteiger partial charge in [-0.3, -0.25) is 4.98 Å². The first-order valence-electron chi connectivity index (χ1n) is 9.83. The highest BCUT2D eigenvalue weighted by Gasteiger charge is 2.33. The Hall–Kier alpha value is -3.83. The normalized spacial score (nSPS) is 18.5. The number of pyridine rings is 1. The van der Waals surface area contributed by atoms with Crippen molar-refractivity contribution in [2.24, 2.45) is 5.73 Å². The van der Waals surface area contributed by atoms with Gasteiger partial charge in [-0.2, -0.15) is 5.26 Å². The molecule has 154 valence electrons. The molecule has 0 unspecified atom stereocenters. The number of fused-ring (bicyclic) bond motifs is 1. The van der Waals surface area contributed by atoms with E-state index in [2.05, 4.69) is 21.0 Å². The molecule has 1 saturated heterocycles. The maximum Gasteiger partial charge on any atom is 0.151 e. The third-order valence-corrected chi connectivity index (χ3v) is 5.55. The summed E-state index contributed by atoms with van der Waals surface area (Å²) in [6, 6.07) is 13.3. The monoisotopic (exact) mass is 416 g/mol. The summed E-state index contributed by atoms with van der Waals surface area (Å²) in [5.74, 6) is -0.00355. The minimum Gasteiger partial charge on any atom is -0.366 e. The maximum absolute atomic E-state index is 14.4. The molecule has 0 saturated carbocycles. The number of hydrogen-bond donors (Lipinski definition) is 2. The Morgan fingerprint density at radius 3 is 2.68 bits per heavy atom. The first-order valence-corrected chi connectivity index (χ1v) is 9.83. The predicted octanol–water partition coefficient (Wildman–Crippen LogP) is 3.79. The molecule has 4 aromatic rings. The number of imidazole rings is 1. The third-order valence-electron chi connectivity index (χ3n) is 5.55. The molecule has 2 aromatic carbocycles. The molecule has 8 heteroatoms. The van der Waals surface area contributed by atoms with E-state index in [4.69, 9.17) is 5.73 Å². The molecule has 0 radical (unpaired) electrons. The van der Waals surface area contributed by atoms with Gasteiger partial charge in [-0.15, -0.1) is 0 Å². The van der Waals surface area contributed by atoms with Gasteiger partial charge >= 0.3 is 0 Å². The number of nitrogens with one attached hydrogen (secondary N) is 1. The Morgan fingerprint density at radius 2 is 1.94 bits per heavy atom. The van der Waals surface area contributed by atoms with Crippen LogP contribution in [0.15, 0.2) is 54.9 Å². The fourth-order valence-electron chi connectivity index (χ4n) is 4.03. The second-order valence-electron chi connectivity index (χ2n) is 7.58. The third kappa shape index (κ3) is 3.29. The Morgan fingerprint density at radius 1 is 1.13 bits per heavy atom. The fourth-order valence-corrected chi connectivity index (χ4v) is 4.03. The predicted molar refractivity (Wildman–Crippen MR) is 115 cm³/mol. The minimum atomic E-state index is -1.17. The highest BCUT2D eigenvalue weighted by molar-refractivity contribution is 5.91. The van der Waals surface area contributed by atoms with E-state index >= 15 is 0 Å². The zero-order valence-corrected chi connectivity index (χ0v) is 16.4. The van der Waals surface area contributed by atoms with Crippen molar-refractivity contribution in [3.63, 3.8) is 0 Å². The van der Waals surface area contributed by atoms with Crippen LogP contribution < -0.4 is 10.6 Å². The van der Waals surface area contributed by atoms with Gasteiger partial charge in [0, 0.05) is 24.5 Å². The van der Waals surface area contributed by atoms with E-state index in [-0.39, 0.29) is 12.1 Å². The van der Waals surface area contributed by atoms with E-state index in [0.717, 1.165) is 11.1 Å². The number of aromatic amines is 1. The molecular weight excluding hydrogens is 398 g/mol. The van der Waals surface area contributed by atoms with Crippen molar-refractivity contribution < 1.29 is 8.78 Å².